The van der Waals surface area contributed by atoms with Crippen molar-refractivity contribution in [2.45, 2.75) is 25.8 Å². The summed E-state index contributed by atoms with van der Waals surface area (Å²) in [6.45, 7) is 1.80. The van der Waals surface area contributed by atoms with Gasteiger partial charge < -0.3 is 5.32 Å². The molecule has 78 valence electrons. The maximum atomic E-state index is 11.7. The normalized spacial score (nSPS) is 16.8. The van der Waals surface area contributed by atoms with Crippen LogP contribution in [0.5, 0.6) is 0 Å². The van der Waals surface area contributed by atoms with Crippen LogP contribution >= 0.6 is 11.3 Å². The molecule has 1 atom stereocenters. The van der Waals surface area contributed by atoms with E-state index in [1.54, 1.807) is 12.4 Å². The Morgan fingerprint density at radius 2 is 2.53 bits per heavy atom. The van der Waals surface area contributed by atoms with Crippen molar-refractivity contribution in [2.75, 3.05) is 0 Å². The number of nitrogens with one attached hydrogen (secondary N) is 1. The van der Waals surface area contributed by atoms with Gasteiger partial charge >= 0.3 is 0 Å². The third kappa shape index (κ3) is 2.16. The van der Waals surface area contributed by atoms with Gasteiger partial charge in [0, 0.05) is 0 Å². The Hall–Kier alpha value is -1.41. The number of rotatable bonds is 3. The zero-order valence-corrected chi connectivity index (χ0v) is 9.17. The van der Waals surface area contributed by atoms with Gasteiger partial charge in [0.25, 0.3) is 5.91 Å². The molecule has 0 spiro atoms. The highest BCUT2D eigenvalue weighted by atomic mass is 32.1. The molecule has 1 amide bonds. The predicted molar refractivity (Wildman–Crippen MR) is 56.4 cm³/mol. The van der Waals surface area contributed by atoms with Gasteiger partial charge in [-0.05, 0) is 25.7 Å². The lowest BCUT2D eigenvalue weighted by Gasteiger charge is -2.09. The summed E-state index contributed by atoms with van der Waals surface area (Å²) in [7, 11) is 0. The Kier molecular flexibility index (Phi) is 2.69. The Morgan fingerprint density at radius 3 is 3.00 bits per heavy atom. The van der Waals surface area contributed by atoms with E-state index >= 15 is 0 Å². The summed E-state index contributed by atoms with van der Waals surface area (Å²) in [5, 5.41) is 11.6. The van der Waals surface area contributed by atoms with E-state index < -0.39 is 0 Å². The molecular formula is C10H11N3OS. The Labute approximate surface area is 91.9 Å². The average Bonchev–Trinajstić information content (AvgIpc) is 2.97. The van der Waals surface area contributed by atoms with Crippen molar-refractivity contribution in [1.82, 2.24) is 10.3 Å². The summed E-state index contributed by atoms with van der Waals surface area (Å²) < 4.78 is 0. The van der Waals surface area contributed by atoms with E-state index in [0.29, 0.717) is 10.8 Å². The number of amides is 1. The minimum absolute atomic E-state index is 0.173. The van der Waals surface area contributed by atoms with E-state index in [1.807, 2.05) is 0 Å². The molecule has 1 aromatic heterocycles. The van der Waals surface area contributed by atoms with Crippen molar-refractivity contribution < 1.29 is 4.79 Å². The number of carbonyl (C=O) groups excluding carboxylic acids is 1. The fourth-order valence-electron chi connectivity index (χ4n) is 1.41. The first-order valence-corrected chi connectivity index (χ1v) is 5.71. The number of aromatic nitrogens is 1. The SMILES string of the molecule is Cc1ncsc1C(=O)NC(C#N)C1CC1. The van der Waals surface area contributed by atoms with Crippen LogP contribution in [0.3, 0.4) is 0 Å². The lowest BCUT2D eigenvalue weighted by Crippen LogP contribution is -2.35. The van der Waals surface area contributed by atoms with Crippen molar-refractivity contribution >= 4 is 17.2 Å². The second-order valence-corrected chi connectivity index (χ2v) is 4.54. The second kappa shape index (κ2) is 3.99. The van der Waals surface area contributed by atoms with Gasteiger partial charge in [0.2, 0.25) is 0 Å². The van der Waals surface area contributed by atoms with Gasteiger partial charge in [-0.15, -0.1) is 11.3 Å². The van der Waals surface area contributed by atoms with Gasteiger partial charge in [0.05, 0.1) is 17.3 Å². The Morgan fingerprint density at radius 1 is 1.80 bits per heavy atom. The van der Waals surface area contributed by atoms with Crippen molar-refractivity contribution in [3.63, 3.8) is 0 Å². The zero-order chi connectivity index (χ0) is 10.8. The van der Waals surface area contributed by atoms with Crippen LogP contribution in [-0.4, -0.2) is 16.9 Å². The third-order valence-corrected chi connectivity index (χ3v) is 3.40. The van der Waals surface area contributed by atoms with Crippen LogP contribution in [0, 0.1) is 24.2 Å². The van der Waals surface area contributed by atoms with Crippen LogP contribution in [-0.2, 0) is 0 Å². The predicted octanol–water partition coefficient (Wildman–Crippen LogP) is 1.48. The minimum Gasteiger partial charge on any atom is -0.335 e. The molecule has 0 saturated heterocycles. The van der Waals surface area contributed by atoms with Gasteiger partial charge in [-0.2, -0.15) is 5.26 Å². The van der Waals surface area contributed by atoms with E-state index in [1.165, 1.54) is 11.3 Å². The minimum atomic E-state index is -0.334. The zero-order valence-electron chi connectivity index (χ0n) is 8.36. The molecule has 1 saturated carbocycles. The number of nitrogens with zero attached hydrogens (tertiary/aromatic N) is 2. The van der Waals surface area contributed by atoms with Crippen LogP contribution in [0.2, 0.25) is 0 Å². The van der Waals surface area contributed by atoms with E-state index in [2.05, 4.69) is 16.4 Å². The monoisotopic (exact) mass is 221 g/mol. The molecule has 15 heavy (non-hydrogen) atoms. The molecule has 1 heterocycles. The number of aryl methyl sites for hydroxylation is 1. The molecule has 1 fully saturated rings. The highest BCUT2D eigenvalue weighted by Gasteiger charge is 2.32. The number of carbonyl (C=O) groups is 1. The fourth-order valence-corrected chi connectivity index (χ4v) is 2.12. The Balaban J connectivity index is 2.03. The summed E-state index contributed by atoms with van der Waals surface area (Å²) in [6.07, 6.45) is 2.08. The molecular weight excluding hydrogens is 210 g/mol. The number of thiazole rings is 1. The van der Waals surface area contributed by atoms with Crippen LogP contribution in [0.4, 0.5) is 0 Å². The van der Waals surface area contributed by atoms with Crippen molar-refractivity contribution in [1.29, 1.82) is 5.26 Å². The maximum Gasteiger partial charge on any atom is 0.264 e. The second-order valence-electron chi connectivity index (χ2n) is 3.68. The molecule has 0 aliphatic heterocycles. The highest BCUT2D eigenvalue weighted by molar-refractivity contribution is 7.11. The topological polar surface area (TPSA) is 65.8 Å². The molecule has 5 heteroatoms. The van der Waals surface area contributed by atoms with Gasteiger partial charge in [0.15, 0.2) is 0 Å². The van der Waals surface area contributed by atoms with Gasteiger partial charge in [-0.3, -0.25) is 4.79 Å². The molecule has 1 aromatic rings. The van der Waals surface area contributed by atoms with Gasteiger partial charge in [0.1, 0.15) is 10.9 Å². The standard InChI is InChI=1S/C10H11N3OS/c1-6-9(15-5-12-6)10(14)13-8(4-11)7-2-3-7/h5,7-8H,2-3H2,1H3,(H,13,14). The lowest BCUT2D eigenvalue weighted by molar-refractivity contribution is 0.0945. The van der Waals surface area contributed by atoms with E-state index in [9.17, 15) is 4.79 Å². The van der Waals surface area contributed by atoms with E-state index in [-0.39, 0.29) is 11.9 Å². The summed E-state index contributed by atoms with van der Waals surface area (Å²) in [4.78, 5) is 16.3. The fraction of sp³-hybridized carbons (Fsp3) is 0.500. The van der Waals surface area contributed by atoms with Gasteiger partial charge in [-0.25, -0.2) is 4.98 Å². The van der Waals surface area contributed by atoms with Crippen molar-refractivity contribution in [3.8, 4) is 6.07 Å². The Bertz CT molecular complexity index is 417. The number of nitriles is 1. The molecule has 1 N–H and O–H groups in total. The molecule has 1 aliphatic rings. The molecule has 2 rings (SSSR count). The molecule has 0 bridgehead atoms. The van der Waals surface area contributed by atoms with Crippen LogP contribution in [0.15, 0.2) is 5.51 Å². The molecule has 4 nitrogen and oxygen atoms in total. The van der Waals surface area contributed by atoms with E-state index in [0.717, 1.165) is 18.5 Å². The maximum absolute atomic E-state index is 11.7. The van der Waals surface area contributed by atoms with Crippen LogP contribution < -0.4 is 5.32 Å². The summed E-state index contributed by atoms with van der Waals surface area (Å²) in [6, 6.07) is 1.79. The highest BCUT2D eigenvalue weighted by Crippen LogP contribution is 2.32. The van der Waals surface area contributed by atoms with Crippen LogP contribution in [0.1, 0.15) is 28.2 Å². The smallest absolute Gasteiger partial charge is 0.264 e. The van der Waals surface area contributed by atoms with Crippen molar-refractivity contribution in [3.05, 3.63) is 16.1 Å². The summed E-state index contributed by atoms with van der Waals surface area (Å²) in [5.41, 5.74) is 2.37. The number of hydrogen-bond donors (Lipinski definition) is 1. The lowest BCUT2D eigenvalue weighted by atomic mass is 10.2. The first kappa shape index (κ1) is 10.1. The number of hydrogen-bond acceptors (Lipinski definition) is 4. The molecule has 1 unspecified atom stereocenters. The third-order valence-electron chi connectivity index (χ3n) is 2.47. The molecule has 0 aromatic carbocycles. The quantitative estimate of drug-likeness (QED) is 0.840. The summed E-state index contributed by atoms with van der Waals surface area (Å²) >= 11 is 1.31. The van der Waals surface area contributed by atoms with Crippen molar-refractivity contribution in [2.24, 2.45) is 5.92 Å². The van der Waals surface area contributed by atoms with Gasteiger partial charge in [-0.1, -0.05) is 0 Å². The summed E-state index contributed by atoms with van der Waals surface area (Å²) in [5.74, 6) is 0.181. The van der Waals surface area contributed by atoms with E-state index in [4.69, 9.17) is 5.26 Å². The molecule has 1 aliphatic carbocycles. The van der Waals surface area contributed by atoms with Crippen LogP contribution in [0.25, 0.3) is 0 Å². The largest absolute Gasteiger partial charge is 0.335 e. The first-order chi connectivity index (χ1) is 7.22. The first-order valence-electron chi connectivity index (χ1n) is 4.83. The molecule has 0 radical (unpaired) electrons. The average molecular weight is 221 g/mol.